The second-order valence-electron chi connectivity index (χ2n) is 7.34. The molecule has 1 saturated heterocycles. The maximum atomic E-state index is 8.81. The van der Waals surface area contributed by atoms with Crippen LogP contribution in [0.1, 0.15) is 32.2 Å². The average molecular weight is 368 g/mol. The number of morpholine rings is 1. The topological polar surface area (TPSA) is 121 Å². The van der Waals surface area contributed by atoms with Crippen LogP contribution in [0.15, 0.2) is 18.5 Å². The molecule has 9 nitrogen and oxygen atoms in total. The zero-order valence-electron chi connectivity index (χ0n) is 15.8. The smallest absolute Gasteiger partial charge is 0.158 e. The van der Waals surface area contributed by atoms with E-state index in [1.807, 2.05) is 12.1 Å². The molecule has 1 fully saturated rings. The molecule has 0 amide bonds. The molecule has 0 aliphatic carbocycles. The molecule has 0 saturated carbocycles. The van der Waals surface area contributed by atoms with E-state index in [9.17, 15) is 0 Å². The summed E-state index contributed by atoms with van der Waals surface area (Å²) < 4.78 is 5.75. The van der Waals surface area contributed by atoms with Crippen LogP contribution in [-0.2, 0) is 10.2 Å². The number of rotatable bonds is 5. The highest BCUT2D eigenvalue weighted by molar-refractivity contribution is 5.60. The van der Waals surface area contributed by atoms with Gasteiger partial charge in [-0.3, -0.25) is 0 Å². The van der Waals surface area contributed by atoms with Crippen molar-refractivity contribution in [3.8, 4) is 6.07 Å². The van der Waals surface area contributed by atoms with Crippen LogP contribution in [0.5, 0.6) is 0 Å². The largest absolute Gasteiger partial charge is 0.381 e. The molecule has 2 aromatic heterocycles. The Bertz CT molecular complexity index is 804. The lowest BCUT2D eigenvalue weighted by atomic mass is 9.90. The Hall–Kier alpha value is -2.83. The second-order valence-corrected chi connectivity index (χ2v) is 7.34. The summed E-state index contributed by atoms with van der Waals surface area (Å²) in [5, 5.41) is 27.3. The summed E-state index contributed by atoms with van der Waals surface area (Å²) in [7, 11) is 0. The average Bonchev–Trinajstić information content (AvgIpc) is 2.67. The van der Waals surface area contributed by atoms with Crippen molar-refractivity contribution in [2.45, 2.75) is 32.3 Å². The van der Waals surface area contributed by atoms with Gasteiger partial charge in [0.2, 0.25) is 0 Å². The number of anilines is 3. The molecule has 0 radical (unpaired) electrons. The van der Waals surface area contributed by atoms with Gasteiger partial charge in [0.25, 0.3) is 0 Å². The molecular formula is C18H24N8O. The Labute approximate surface area is 158 Å². The predicted octanol–water partition coefficient (Wildman–Crippen LogP) is 1.58. The SMILES string of the molecule is CC(C)(C)c1nnc(Nc2cnc(C#N)cn2)cc1NC[C@H]1CNCCO1. The van der Waals surface area contributed by atoms with Crippen molar-refractivity contribution in [3.63, 3.8) is 0 Å². The normalized spacial score (nSPS) is 17.2. The number of nitrogens with one attached hydrogen (secondary N) is 3. The fraction of sp³-hybridized carbons (Fsp3) is 0.500. The molecule has 3 N–H and O–H groups in total. The highest BCUT2D eigenvalue weighted by atomic mass is 16.5. The molecular weight excluding hydrogens is 344 g/mol. The van der Waals surface area contributed by atoms with Crippen molar-refractivity contribution in [2.24, 2.45) is 0 Å². The monoisotopic (exact) mass is 368 g/mol. The van der Waals surface area contributed by atoms with Crippen LogP contribution in [0, 0.1) is 11.3 Å². The lowest BCUT2D eigenvalue weighted by Gasteiger charge is -2.26. The summed E-state index contributed by atoms with van der Waals surface area (Å²) >= 11 is 0. The minimum atomic E-state index is -0.159. The first kappa shape index (κ1) is 18.9. The van der Waals surface area contributed by atoms with Gasteiger partial charge in [0.05, 0.1) is 36.5 Å². The number of hydrogen-bond acceptors (Lipinski definition) is 9. The Kier molecular flexibility index (Phi) is 5.78. The van der Waals surface area contributed by atoms with E-state index in [-0.39, 0.29) is 17.2 Å². The standard InChI is InChI=1S/C18H24N8O/c1-18(2,3)17-14(22-10-13-9-20-4-5-27-13)6-15(25-26-17)24-16-11-21-12(7-19)8-23-16/h6,8,11,13,20H,4-5,9-10H2,1-3H3,(H2,22,23,24,25)/t13-/m1/s1. The third-order valence-electron chi connectivity index (χ3n) is 4.05. The maximum Gasteiger partial charge on any atom is 0.158 e. The zero-order chi connectivity index (χ0) is 19.3. The first-order valence-corrected chi connectivity index (χ1v) is 8.89. The summed E-state index contributed by atoms with van der Waals surface area (Å²) in [5.74, 6) is 1.05. The lowest BCUT2D eigenvalue weighted by molar-refractivity contribution is 0.0372. The van der Waals surface area contributed by atoms with Crippen LogP contribution in [0.2, 0.25) is 0 Å². The van der Waals surface area contributed by atoms with E-state index in [1.165, 1.54) is 12.4 Å². The summed E-state index contributed by atoms with van der Waals surface area (Å²) in [5.41, 5.74) is 1.88. The quantitative estimate of drug-likeness (QED) is 0.722. The number of nitriles is 1. The molecule has 0 bridgehead atoms. The van der Waals surface area contributed by atoms with Crippen molar-refractivity contribution in [1.82, 2.24) is 25.5 Å². The van der Waals surface area contributed by atoms with Gasteiger partial charge in [-0.2, -0.15) is 10.4 Å². The van der Waals surface area contributed by atoms with Gasteiger partial charge in [-0.05, 0) is 0 Å². The first-order valence-electron chi connectivity index (χ1n) is 8.89. The van der Waals surface area contributed by atoms with Gasteiger partial charge in [0.1, 0.15) is 11.9 Å². The van der Waals surface area contributed by atoms with Crippen LogP contribution in [0.4, 0.5) is 17.3 Å². The van der Waals surface area contributed by atoms with E-state index < -0.39 is 0 Å². The number of nitrogens with zero attached hydrogens (tertiary/aromatic N) is 5. The van der Waals surface area contributed by atoms with Gasteiger partial charge in [0, 0.05) is 31.1 Å². The zero-order valence-corrected chi connectivity index (χ0v) is 15.8. The fourth-order valence-electron chi connectivity index (χ4n) is 2.70. The number of ether oxygens (including phenoxy) is 1. The van der Waals surface area contributed by atoms with E-state index in [0.717, 1.165) is 31.1 Å². The summed E-state index contributed by atoms with van der Waals surface area (Å²) in [6.45, 7) is 9.40. The van der Waals surface area contributed by atoms with E-state index in [1.54, 1.807) is 0 Å². The molecule has 1 aliphatic heterocycles. The molecule has 0 spiro atoms. The second kappa shape index (κ2) is 8.24. The Morgan fingerprint density at radius 2 is 2.11 bits per heavy atom. The Balaban J connectivity index is 1.77. The molecule has 9 heteroatoms. The van der Waals surface area contributed by atoms with E-state index in [4.69, 9.17) is 10.00 Å². The molecule has 1 atom stereocenters. The first-order chi connectivity index (χ1) is 13.0. The van der Waals surface area contributed by atoms with Crippen LogP contribution in [0.3, 0.4) is 0 Å². The minimum Gasteiger partial charge on any atom is -0.381 e. The van der Waals surface area contributed by atoms with Gasteiger partial charge in [-0.25, -0.2) is 9.97 Å². The van der Waals surface area contributed by atoms with Crippen LogP contribution in [0.25, 0.3) is 0 Å². The summed E-state index contributed by atoms with van der Waals surface area (Å²) in [4.78, 5) is 8.15. The van der Waals surface area contributed by atoms with Crippen LogP contribution < -0.4 is 16.0 Å². The van der Waals surface area contributed by atoms with E-state index >= 15 is 0 Å². The highest BCUT2D eigenvalue weighted by Gasteiger charge is 2.22. The maximum absolute atomic E-state index is 8.81. The lowest BCUT2D eigenvalue weighted by Crippen LogP contribution is -2.42. The Morgan fingerprint density at radius 1 is 1.26 bits per heavy atom. The molecule has 27 heavy (non-hydrogen) atoms. The van der Waals surface area contributed by atoms with Gasteiger partial charge >= 0.3 is 0 Å². The van der Waals surface area contributed by atoms with Gasteiger partial charge < -0.3 is 20.7 Å². The van der Waals surface area contributed by atoms with Crippen molar-refractivity contribution in [1.29, 1.82) is 5.26 Å². The van der Waals surface area contributed by atoms with Gasteiger partial charge in [-0.15, -0.1) is 5.10 Å². The number of aromatic nitrogens is 4. The van der Waals surface area contributed by atoms with Crippen LogP contribution in [-0.4, -0.2) is 52.5 Å². The minimum absolute atomic E-state index is 0.112. The third-order valence-corrected chi connectivity index (χ3v) is 4.05. The summed E-state index contributed by atoms with van der Waals surface area (Å²) in [6.07, 6.45) is 3.01. The molecule has 3 rings (SSSR count). The van der Waals surface area contributed by atoms with Crippen LogP contribution >= 0.6 is 0 Å². The van der Waals surface area contributed by atoms with Gasteiger partial charge in [-0.1, -0.05) is 20.8 Å². The van der Waals surface area contributed by atoms with E-state index in [0.29, 0.717) is 18.2 Å². The fourth-order valence-corrected chi connectivity index (χ4v) is 2.70. The van der Waals surface area contributed by atoms with Crippen molar-refractivity contribution < 1.29 is 4.74 Å². The third kappa shape index (κ3) is 5.09. The van der Waals surface area contributed by atoms with Crippen molar-refractivity contribution >= 4 is 17.3 Å². The predicted molar refractivity (Wildman–Crippen MR) is 102 cm³/mol. The molecule has 1 aliphatic rings. The van der Waals surface area contributed by atoms with Crippen molar-refractivity contribution in [2.75, 3.05) is 36.9 Å². The van der Waals surface area contributed by atoms with Crippen molar-refractivity contribution in [3.05, 3.63) is 29.8 Å². The molecule has 0 unspecified atom stereocenters. The summed E-state index contributed by atoms with van der Waals surface area (Å²) in [6, 6.07) is 3.85. The molecule has 3 heterocycles. The number of hydrogen-bond donors (Lipinski definition) is 3. The van der Waals surface area contributed by atoms with Gasteiger partial charge in [0.15, 0.2) is 11.5 Å². The highest BCUT2D eigenvalue weighted by Crippen LogP contribution is 2.29. The molecule has 142 valence electrons. The van der Waals surface area contributed by atoms with E-state index in [2.05, 4.69) is 56.9 Å². The molecule has 2 aromatic rings. The molecule has 0 aromatic carbocycles. The Morgan fingerprint density at radius 3 is 2.74 bits per heavy atom.